The smallest absolute Gasteiger partial charge is 0.196 e. The maximum absolute atomic E-state index is 9.16. The molecule has 0 saturated heterocycles. The maximum Gasteiger partial charge on any atom is 0.196 e. The van der Waals surface area contributed by atoms with Gasteiger partial charge in [0.05, 0.1) is 37.1 Å². The fourth-order valence-electron chi connectivity index (χ4n) is 3.21. The number of aromatic nitrogens is 3. The Bertz CT molecular complexity index is 1230. The first-order valence-electron chi connectivity index (χ1n) is 9.58. The number of para-hydroxylation sites is 1. The summed E-state index contributed by atoms with van der Waals surface area (Å²) in [5, 5.41) is 18.9. The van der Waals surface area contributed by atoms with Crippen LogP contribution in [0.5, 0.6) is 11.5 Å². The lowest BCUT2D eigenvalue weighted by Crippen LogP contribution is -2.01. The van der Waals surface area contributed by atoms with Crippen molar-refractivity contribution in [1.29, 1.82) is 5.26 Å². The van der Waals surface area contributed by atoms with Gasteiger partial charge in [0.1, 0.15) is 11.5 Å². The molecular formula is C24H20N4O2S. The van der Waals surface area contributed by atoms with Crippen LogP contribution >= 0.6 is 11.8 Å². The molecule has 31 heavy (non-hydrogen) atoms. The van der Waals surface area contributed by atoms with Crippen molar-refractivity contribution in [2.75, 3.05) is 14.2 Å². The van der Waals surface area contributed by atoms with Crippen molar-refractivity contribution in [2.24, 2.45) is 0 Å². The second-order valence-corrected chi connectivity index (χ2v) is 7.58. The lowest BCUT2D eigenvalue weighted by Gasteiger charge is -2.13. The molecule has 0 unspecified atom stereocenters. The summed E-state index contributed by atoms with van der Waals surface area (Å²) in [5.41, 5.74) is 3.46. The normalized spacial score (nSPS) is 10.5. The van der Waals surface area contributed by atoms with Crippen LogP contribution in [0, 0.1) is 11.3 Å². The Balaban J connectivity index is 1.76. The number of methoxy groups -OCH3 is 2. The van der Waals surface area contributed by atoms with E-state index in [-0.39, 0.29) is 0 Å². The van der Waals surface area contributed by atoms with Gasteiger partial charge < -0.3 is 9.47 Å². The maximum atomic E-state index is 9.16. The van der Waals surface area contributed by atoms with Crippen molar-refractivity contribution in [3.8, 4) is 34.6 Å². The van der Waals surface area contributed by atoms with Crippen molar-refractivity contribution in [3.05, 3.63) is 83.9 Å². The summed E-state index contributed by atoms with van der Waals surface area (Å²) >= 11 is 1.56. The Morgan fingerprint density at radius 2 is 1.74 bits per heavy atom. The molecule has 3 aromatic carbocycles. The SMILES string of the molecule is COc1ccc(-n2c(SCc3cccc(C#N)c3)nnc2-c2ccccc2OC)cc1. The summed E-state index contributed by atoms with van der Waals surface area (Å²) in [6.45, 7) is 0. The zero-order valence-electron chi connectivity index (χ0n) is 17.1. The van der Waals surface area contributed by atoms with Gasteiger partial charge in [-0.05, 0) is 54.1 Å². The van der Waals surface area contributed by atoms with Crippen LogP contribution in [-0.2, 0) is 5.75 Å². The standard InChI is InChI=1S/C24H20N4O2S/c1-29-20-12-10-19(11-13-20)28-23(21-8-3-4-9-22(21)30-2)26-27-24(28)31-16-18-7-5-6-17(14-18)15-25/h3-14H,16H2,1-2H3. The molecule has 1 aromatic heterocycles. The van der Waals surface area contributed by atoms with E-state index in [1.54, 1.807) is 32.0 Å². The van der Waals surface area contributed by atoms with Crippen LogP contribution in [-0.4, -0.2) is 29.0 Å². The van der Waals surface area contributed by atoms with E-state index in [9.17, 15) is 0 Å². The second-order valence-electron chi connectivity index (χ2n) is 6.64. The van der Waals surface area contributed by atoms with Crippen molar-refractivity contribution >= 4 is 11.8 Å². The van der Waals surface area contributed by atoms with Crippen molar-refractivity contribution < 1.29 is 9.47 Å². The molecule has 1 heterocycles. The number of thioether (sulfide) groups is 1. The Morgan fingerprint density at radius 1 is 0.935 bits per heavy atom. The molecule has 4 aromatic rings. The van der Waals surface area contributed by atoms with Gasteiger partial charge in [-0.3, -0.25) is 4.57 Å². The van der Waals surface area contributed by atoms with Crippen molar-refractivity contribution in [2.45, 2.75) is 10.9 Å². The highest BCUT2D eigenvalue weighted by atomic mass is 32.2. The van der Waals surface area contributed by atoms with Gasteiger partial charge in [0.2, 0.25) is 0 Å². The third-order valence-corrected chi connectivity index (χ3v) is 5.74. The van der Waals surface area contributed by atoms with Crippen LogP contribution in [0.1, 0.15) is 11.1 Å². The first-order valence-corrected chi connectivity index (χ1v) is 10.6. The molecule has 0 N–H and O–H groups in total. The quantitative estimate of drug-likeness (QED) is 0.381. The summed E-state index contributed by atoms with van der Waals surface area (Å²) in [6.07, 6.45) is 0. The largest absolute Gasteiger partial charge is 0.497 e. The molecule has 0 atom stereocenters. The highest BCUT2D eigenvalue weighted by Crippen LogP contribution is 2.34. The van der Waals surface area contributed by atoms with Crippen LogP contribution in [0.3, 0.4) is 0 Å². The molecule has 0 aliphatic rings. The van der Waals surface area contributed by atoms with Crippen LogP contribution in [0.2, 0.25) is 0 Å². The average molecular weight is 429 g/mol. The fourth-order valence-corrected chi connectivity index (χ4v) is 4.10. The minimum absolute atomic E-state index is 0.643. The average Bonchev–Trinajstić information content (AvgIpc) is 3.26. The first kappa shape index (κ1) is 20.5. The molecule has 6 nitrogen and oxygen atoms in total. The molecule has 0 amide bonds. The number of hydrogen-bond donors (Lipinski definition) is 0. The number of benzene rings is 3. The molecule has 0 aliphatic heterocycles. The van der Waals surface area contributed by atoms with Gasteiger partial charge in [-0.15, -0.1) is 10.2 Å². The van der Waals surface area contributed by atoms with E-state index in [0.717, 1.165) is 33.5 Å². The molecule has 0 fully saturated rings. The molecule has 154 valence electrons. The van der Waals surface area contributed by atoms with Crippen LogP contribution in [0.25, 0.3) is 17.1 Å². The minimum atomic E-state index is 0.643. The van der Waals surface area contributed by atoms with Gasteiger partial charge in [0, 0.05) is 5.75 Å². The molecule has 0 saturated carbocycles. The molecule has 0 aliphatic carbocycles. The third kappa shape index (κ3) is 4.39. The minimum Gasteiger partial charge on any atom is -0.497 e. The van der Waals surface area contributed by atoms with Crippen molar-refractivity contribution in [1.82, 2.24) is 14.8 Å². The lowest BCUT2D eigenvalue weighted by atomic mass is 10.2. The van der Waals surface area contributed by atoms with Crippen LogP contribution in [0.4, 0.5) is 0 Å². The molecule has 4 rings (SSSR count). The topological polar surface area (TPSA) is 73.0 Å². The summed E-state index contributed by atoms with van der Waals surface area (Å²) in [4.78, 5) is 0. The van der Waals surface area contributed by atoms with E-state index in [4.69, 9.17) is 14.7 Å². The number of rotatable bonds is 7. The van der Waals surface area contributed by atoms with Gasteiger partial charge in [-0.25, -0.2) is 0 Å². The Labute approximate surface area is 185 Å². The Morgan fingerprint density at radius 3 is 2.48 bits per heavy atom. The number of nitrogens with zero attached hydrogens (tertiary/aromatic N) is 4. The summed E-state index contributed by atoms with van der Waals surface area (Å²) in [7, 11) is 3.29. The van der Waals surface area contributed by atoms with Crippen LogP contribution < -0.4 is 9.47 Å². The van der Waals surface area contributed by atoms with Gasteiger partial charge >= 0.3 is 0 Å². The van der Waals surface area contributed by atoms with E-state index in [0.29, 0.717) is 17.1 Å². The molecule has 0 radical (unpaired) electrons. The highest BCUT2D eigenvalue weighted by Gasteiger charge is 2.19. The summed E-state index contributed by atoms with van der Waals surface area (Å²) < 4.78 is 12.9. The monoisotopic (exact) mass is 428 g/mol. The van der Waals surface area contributed by atoms with E-state index >= 15 is 0 Å². The molecule has 0 spiro atoms. The van der Waals surface area contributed by atoms with Crippen LogP contribution in [0.15, 0.2) is 78.0 Å². The number of nitriles is 1. The van der Waals surface area contributed by atoms with Gasteiger partial charge in [-0.1, -0.05) is 36.0 Å². The van der Waals surface area contributed by atoms with E-state index in [2.05, 4.69) is 16.3 Å². The van der Waals surface area contributed by atoms with E-state index in [1.807, 2.05) is 71.3 Å². The van der Waals surface area contributed by atoms with E-state index < -0.39 is 0 Å². The Hall–Kier alpha value is -3.76. The predicted octanol–water partition coefficient (Wildman–Crippen LogP) is 5.12. The predicted molar refractivity (Wildman–Crippen MR) is 121 cm³/mol. The van der Waals surface area contributed by atoms with E-state index in [1.165, 1.54) is 0 Å². The first-order chi connectivity index (χ1) is 15.2. The zero-order valence-corrected chi connectivity index (χ0v) is 18.0. The highest BCUT2D eigenvalue weighted by molar-refractivity contribution is 7.98. The summed E-state index contributed by atoms with van der Waals surface area (Å²) in [5.74, 6) is 2.85. The number of hydrogen-bond acceptors (Lipinski definition) is 6. The van der Waals surface area contributed by atoms with Gasteiger partial charge in [0.25, 0.3) is 0 Å². The number of ether oxygens (including phenoxy) is 2. The van der Waals surface area contributed by atoms with Crippen molar-refractivity contribution in [3.63, 3.8) is 0 Å². The molecular weight excluding hydrogens is 408 g/mol. The Kier molecular flexibility index (Phi) is 6.20. The van der Waals surface area contributed by atoms with Gasteiger partial charge in [0.15, 0.2) is 11.0 Å². The molecule has 0 bridgehead atoms. The lowest BCUT2D eigenvalue weighted by molar-refractivity contribution is 0.414. The van der Waals surface area contributed by atoms with Gasteiger partial charge in [-0.2, -0.15) is 5.26 Å². The zero-order chi connectivity index (χ0) is 21.6. The molecule has 7 heteroatoms. The third-order valence-electron chi connectivity index (χ3n) is 4.74. The fraction of sp³-hybridized carbons (Fsp3) is 0.125. The summed E-state index contributed by atoms with van der Waals surface area (Å²) in [6, 6.07) is 25.3. The second kappa shape index (κ2) is 9.37.